The van der Waals surface area contributed by atoms with Gasteiger partial charge < -0.3 is 20.8 Å². The van der Waals surface area contributed by atoms with Gasteiger partial charge in [0.15, 0.2) is 11.6 Å². The van der Waals surface area contributed by atoms with Crippen molar-refractivity contribution in [2.45, 2.75) is 5.92 Å². The molecule has 2 amide bonds. The fourth-order valence-electron chi connectivity index (χ4n) is 3.17. The van der Waals surface area contributed by atoms with Gasteiger partial charge in [-0.25, -0.2) is 13.8 Å². The van der Waals surface area contributed by atoms with Crippen LogP contribution in [0.5, 0.6) is 11.5 Å². The summed E-state index contributed by atoms with van der Waals surface area (Å²) in [4.78, 5) is 31.7. The Morgan fingerprint density at radius 2 is 1.88 bits per heavy atom. The first-order valence-electron chi connectivity index (χ1n) is 9.28. The standard InChI is InChI=1S/C22H15ClF2N4O3/c23-12-2-3-14(24)16(10-12)29-22(31)19(20(26)30)11-1-4-18(15(25)9-11)32-17-6-8-28-21-13(17)5-7-27-21/h1-10,19H,(H2,26,30)(H,27,28)(H,29,31). The normalized spacial score (nSPS) is 11.8. The van der Waals surface area contributed by atoms with Gasteiger partial charge in [0.05, 0.1) is 11.1 Å². The maximum atomic E-state index is 14.8. The number of halogens is 3. The van der Waals surface area contributed by atoms with Crippen LogP contribution in [0.2, 0.25) is 5.02 Å². The highest BCUT2D eigenvalue weighted by Crippen LogP contribution is 2.32. The maximum Gasteiger partial charge on any atom is 0.241 e. The number of aromatic amines is 1. The summed E-state index contributed by atoms with van der Waals surface area (Å²) in [6.45, 7) is 0. The second-order valence-corrected chi connectivity index (χ2v) is 7.23. The highest BCUT2D eigenvalue weighted by Gasteiger charge is 2.28. The molecule has 1 unspecified atom stereocenters. The molecule has 0 spiro atoms. The molecule has 0 fully saturated rings. The average molecular weight is 457 g/mol. The number of anilines is 1. The zero-order valence-corrected chi connectivity index (χ0v) is 17.0. The number of nitrogens with two attached hydrogens (primary N) is 1. The molecule has 0 aliphatic rings. The third-order valence-electron chi connectivity index (χ3n) is 4.66. The Bertz CT molecular complexity index is 1340. The minimum Gasteiger partial charge on any atom is -0.453 e. The molecule has 0 aliphatic heterocycles. The number of hydrogen-bond acceptors (Lipinski definition) is 4. The number of benzene rings is 2. The minimum atomic E-state index is -1.57. The molecule has 2 aromatic carbocycles. The van der Waals surface area contributed by atoms with Crippen LogP contribution in [0.25, 0.3) is 11.0 Å². The number of primary amides is 1. The molecular formula is C22H15ClF2N4O3. The molecule has 0 saturated heterocycles. The van der Waals surface area contributed by atoms with E-state index < -0.39 is 29.4 Å². The van der Waals surface area contributed by atoms with E-state index in [9.17, 15) is 18.4 Å². The number of H-pyrrole nitrogens is 1. The molecule has 0 saturated carbocycles. The van der Waals surface area contributed by atoms with Crippen molar-refractivity contribution in [2.75, 3.05) is 5.32 Å². The Hall–Kier alpha value is -3.98. The third-order valence-corrected chi connectivity index (χ3v) is 4.90. The topological polar surface area (TPSA) is 110 Å². The lowest BCUT2D eigenvalue weighted by molar-refractivity contribution is -0.127. The summed E-state index contributed by atoms with van der Waals surface area (Å²) in [5.74, 6) is -4.90. The average Bonchev–Trinajstić information content (AvgIpc) is 3.22. The summed E-state index contributed by atoms with van der Waals surface area (Å²) in [7, 11) is 0. The lowest BCUT2D eigenvalue weighted by Gasteiger charge is -2.16. The fourth-order valence-corrected chi connectivity index (χ4v) is 3.34. The first kappa shape index (κ1) is 21.3. The van der Waals surface area contributed by atoms with Crippen molar-refractivity contribution in [3.8, 4) is 11.5 Å². The molecule has 0 aliphatic carbocycles. The highest BCUT2D eigenvalue weighted by molar-refractivity contribution is 6.31. The van der Waals surface area contributed by atoms with Gasteiger partial charge in [-0.1, -0.05) is 17.7 Å². The van der Waals surface area contributed by atoms with Crippen LogP contribution in [-0.4, -0.2) is 21.8 Å². The number of fused-ring (bicyclic) bond motifs is 1. The Labute approximate surface area is 185 Å². The van der Waals surface area contributed by atoms with Gasteiger partial charge in [0.1, 0.15) is 23.1 Å². The van der Waals surface area contributed by atoms with Crippen molar-refractivity contribution in [1.82, 2.24) is 9.97 Å². The lowest BCUT2D eigenvalue weighted by Crippen LogP contribution is -2.32. The first-order chi connectivity index (χ1) is 15.3. The van der Waals surface area contributed by atoms with Gasteiger partial charge in [-0.2, -0.15) is 0 Å². The van der Waals surface area contributed by atoms with E-state index in [0.29, 0.717) is 16.8 Å². The Balaban J connectivity index is 1.60. The summed E-state index contributed by atoms with van der Waals surface area (Å²) in [5.41, 5.74) is 5.68. The van der Waals surface area contributed by atoms with Gasteiger partial charge in [0, 0.05) is 17.4 Å². The second kappa shape index (κ2) is 8.64. The fraction of sp³-hybridized carbons (Fsp3) is 0.0455. The maximum absolute atomic E-state index is 14.8. The number of aromatic nitrogens is 2. The van der Waals surface area contributed by atoms with Gasteiger partial charge in [0.2, 0.25) is 11.8 Å². The van der Waals surface area contributed by atoms with Crippen molar-refractivity contribution in [3.05, 3.63) is 83.1 Å². The monoisotopic (exact) mass is 456 g/mol. The zero-order valence-electron chi connectivity index (χ0n) is 16.2. The summed E-state index contributed by atoms with van der Waals surface area (Å²) in [5, 5.41) is 3.08. The molecule has 2 aromatic heterocycles. The van der Waals surface area contributed by atoms with Crippen molar-refractivity contribution < 1.29 is 23.1 Å². The summed E-state index contributed by atoms with van der Waals surface area (Å²) in [6, 6.07) is 10.4. The number of pyridine rings is 1. The van der Waals surface area contributed by atoms with Gasteiger partial charge in [-0.3, -0.25) is 9.59 Å². The van der Waals surface area contributed by atoms with Crippen LogP contribution in [0.3, 0.4) is 0 Å². The van der Waals surface area contributed by atoms with Crippen LogP contribution in [0.15, 0.2) is 60.9 Å². The SMILES string of the molecule is NC(=O)C(C(=O)Nc1cc(Cl)ccc1F)c1ccc(Oc2ccnc3[nH]ccc23)c(F)c1. The van der Waals surface area contributed by atoms with Gasteiger partial charge in [0.25, 0.3) is 0 Å². The van der Waals surface area contributed by atoms with E-state index in [1.807, 2.05) is 0 Å². The molecule has 1 atom stereocenters. The van der Waals surface area contributed by atoms with Crippen molar-refractivity contribution >= 4 is 40.1 Å². The van der Waals surface area contributed by atoms with Crippen LogP contribution >= 0.6 is 11.6 Å². The zero-order chi connectivity index (χ0) is 22.8. The Kier molecular flexibility index (Phi) is 5.74. The summed E-state index contributed by atoms with van der Waals surface area (Å²) in [6.07, 6.45) is 3.17. The van der Waals surface area contributed by atoms with E-state index >= 15 is 0 Å². The molecule has 32 heavy (non-hydrogen) atoms. The number of amides is 2. The number of carbonyl (C=O) groups excluding carboxylic acids is 2. The number of nitrogens with one attached hydrogen (secondary N) is 2. The van der Waals surface area contributed by atoms with Crippen LogP contribution in [0, 0.1) is 11.6 Å². The van der Waals surface area contributed by atoms with E-state index in [4.69, 9.17) is 22.1 Å². The van der Waals surface area contributed by atoms with Crippen LogP contribution in [0.4, 0.5) is 14.5 Å². The van der Waals surface area contributed by atoms with E-state index in [2.05, 4.69) is 15.3 Å². The van der Waals surface area contributed by atoms with E-state index in [-0.39, 0.29) is 22.0 Å². The van der Waals surface area contributed by atoms with Gasteiger partial charge in [-0.05, 0) is 48.0 Å². The molecule has 162 valence electrons. The van der Waals surface area contributed by atoms with Gasteiger partial charge >= 0.3 is 0 Å². The van der Waals surface area contributed by atoms with Crippen LogP contribution in [0.1, 0.15) is 11.5 Å². The molecule has 7 nitrogen and oxygen atoms in total. The highest BCUT2D eigenvalue weighted by atomic mass is 35.5. The minimum absolute atomic E-state index is 0.0243. The number of ether oxygens (including phenoxy) is 1. The number of carbonyl (C=O) groups is 2. The third kappa shape index (κ3) is 4.23. The Morgan fingerprint density at radius 1 is 1.06 bits per heavy atom. The van der Waals surface area contributed by atoms with E-state index in [1.54, 1.807) is 18.3 Å². The smallest absolute Gasteiger partial charge is 0.241 e. The molecular weight excluding hydrogens is 442 g/mol. The predicted molar refractivity (Wildman–Crippen MR) is 115 cm³/mol. The number of nitrogens with zero attached hydrogens (tertiary/aromatic N) is 1. The van der Waals surface area contributed by atoms with Gasteiger partial charge in [-0.15, -0.1) is 0 Å². The van der Waals surface area contributed by atoms with Crippen LogP contribution < -0.4 is 15.8 Å². The quantitative estimate of drug-likeness (QED) is 0.371. The molecule has 10 heteroatoms. The predicted octanol–water partition coefficient (Wildman–Crippen LogP) is 4.49. The largest absolute Gasteiger partial charge is 0.453 e. The van der Waals surface area contributed by atoms with Crippen molar-refractivity contribution in [2.24, 2.45) is 5.73 Å². The number of rotatable bonds is 6. The lowest BCUT2D eigenvalue weighted by atomic mass is 9.97. The molecule has 0 bridgehead atoms. The summed E-state index contributed by atoms with van der Waals surface area (Å²) >= 11 is 5.81. The van der Waals surface area contributed by atoms with Crippen molar-refractivity contribution in [3.63, 3.8) is 0 Å². The first-order valence-corrected chi connectivity index (χ1v) is 9.66. The summed E-state index contributed by atoms with van der Waals surface area (Å²) < 4.78 is 34.4. The van der Waals surface area contributed by atoms with Crippen LogP contribution in [-0.2, 0) is 9.59 Å². The molecule has 4 N–H and O–H groups in total. The van der Waals surface area contributed by atoms with E-state index in [1.165, 1.54) is 30.5 Å². The molecule has 4 aromatic rings. The van der Waals surface area contributed by atoms with Crippen molar-refractivity contribution in [1.29, 1.82) is 0 Å². The number of hydrogen-bond donors (Lipinski definition) is 3. The molecule has 2 heterocycles. The second-order valence-electron chi connectivity index (χ2n) is 6.79. The Morgan fingerprint density at radius 3 is 2.62 bits per heavy atom. The van der Waals surface area contributed by atoms with E-state index in [0.717, 1.165) is 12.1 Å². The molecule has 0 radical (unpaired) electrons. The molecule has 4 rings (SSSR count).